The second-order valence-electron chi connectivity index (χ2n) is 11.3. The Morgan fingerprint density at radius 3 is 1.70 bits per heavy atom. The monoisotopic (exact) mass is 588 g/mol. The highest BCUT2D eigenvalue weighted by Gasteiger charge is 2.29. The van der Waals surface area contributed by atoms with Crippen LogP contribution in [0.1, 0.15) is 35.2 Å². The average Bonchev–Trinajstić information content (AvgIpc) is 2.96. The van der Waals surface area contributed by atoms with Crippen molar-refractivity contribution >= 4 is 40.9 Å². The summed E-state index contributed by atoms with van der Waals surface area (Å²) >= 11 is 0. The van der Waals surface area contributed by atoms with E-state index < -0.39 is 5.91 Å². The smallest absolute Gasteiger partial charge is 0.233 e. The van der Waals surface area contributed by atoms with Crippen LogP contribution in [0.3, 0.4) is 0 Å². The van der Waals surface area contributed by atoms with E-state index in [2.05, 4.69) is 20.6 Å². The third-order valence-electron chi connectivity index (χ3n) is 7.47. The largest absolute Gasteiger partial charge is 0.338 e. The Balaban J connectivity index is 1.29. The molecule has 3 aromatic rings. The number of rotatable bonds is 9. The molecule has 0 spiro atoms. The predicted molar refractivity (Wildman–Crippen MR) is 167 cm³/mol. The highest BCUT2D eigenvalue weighted by atomic mass is 16.2. The lowest BCUT2D eigenvalue weighted by molar-refractivity contribution is -0.115. The molecule has 2 saturated heterocycles. The molecule has 14 heteroatoms. The van der Waals surface area contributed by atoms with Crippen LogP contribution in [0.25, 0.3) is 0 Å². The van der Waals surface area contributed by atoms with Gasteiger partial charge in [0.05, 0.1) is 6.42 Å². The second-order valence-corrected chi connectivity index (χ2v) is 11.3. The van der Waals surface area contributed by atoms with Crippen LogP contribution in [-0.2, 0) is 11.3 Å². The molecule has 1 amide bonds. The van der Waals surface area contributed by atoms with Crippen molar-refractivity contribution in [2.75, 3.05) is 46.6 Å². The fourth-order valence-corrected chi connectivity index (χ4v) is 5.42. The molecule has 2 aliphatic heterocycles. The van der Waals surface area contributed by atoms with Gasteiger partial charge in [-0.2, -0.15) is 15.0 Å². The van der Waals surface area contributed by atoms with Gasteiger partial charge in [0, 0.05) is 73.8 Å². The molecule has 1 aromatic heterocycles. The predicted octanol–water partition coefficient (Wildman–Crippen LogP) is 0.0148. The summed E-state index contributed by atoms with van der Waals surface area (Å²) in [7, 11) is 0. The lowest BCUT2D eigenvalue weighted by Gasteiger charge is -2.37. The SMILES string of the molecule is NCc1ccc(NC(=O)CC(=O)c2ccc(Nc3nc(N4C[C@H](N)C[C@H](N)C4)nc(N4C[C@H](N)C[C@H](N)C4)n3)cc2)cc1. The number of carbonyl (C=O) groups excluding carboxylic acids is 2. The zero-order chi connectivity index (χ0) is 30.5. The number of carbonyl (C=O) groups is 2. The Labute approximate surface area is 250 Å². The van der Waals surface area contributed by atoms with E-state index in [1.807, 2.05) is 21.9 Å². The van der Waals surface area contributed by atoms with Gasteiger partial charge >= 0.3 is 0 Å². The molecule has 0 radical (unpaired) electrons. The van der Waals surface area contributed by atoms with Gasteiger partial charge in [0.25, 0.3) is 0 Å². The van der Waals surface area contributed by atoms with E-state index in [-0.39, 0.29) is 36.4 Å². The summed E-state index contributed by atoms with van der Waals surface area (Å²) in [5.41, 5.74) is 33.2. The number of anilines is 5. The maximum Gasteiger partial charge on any atom is 0.233 e. The van der Waals surface area contributed by atoms with Crippen molar-refractivity contribution in [1.82, 2.24) is 15.0 Å². The highest BCUT2D eigenvalue weighted by molar-refractivity contribution is 6.11. The number of nitrogens with one attached hydrogen (secondary N) is 2. The first-order valence-electron chi connectivity index (χ1n) is 14.4. The number of aromatic nitrogens is 3. The number of Topliss-reactive ketones (excluding diaryl/α,β-unsaturated/α-hetero) is 1. The summed E-state index contributed by atoms with van der Waals surface area (Å²) in [4.78, 5) is 43.2. The third-order valence-corrected chi connectivity index (χ3v) is 7.47. The van der Waals surface area contributed by atoms with Crippen LogP contribution in [-0.4, -0.2) is 77.0 Å². The van der Waals surface area contributed by atoms with Crippen molar-refractivity contribution in [3.63, 3.8) is 0 Å². The summed E-state index contributed by atoms with van der Waals surface area (Å²) in [6, 6.07) is 13.6. The molecule has 14 nitrogen and oxygen atoms in total. The first-order chi connectivity index (χ1) is 20.6. The molecule has 0 bridgehead atoms. The summed E-state index contributed by atoms with van der Waals surface area (Å²) < 4.78 is 0. The molecule has 43 heavy (non-hydrogen) atoms. The van der Waals surface area contributed by atoms with E-state index >= 15 is 0 Å². The van der Waals surface area contributed by atoms with Crippen molar-refractivity contribution in [1.29, 1.82) is 0 Å². The second kappa shape index (κ2) is 13.4. The Hall–Kier alpha value is -4.21. The molecule has 0 aliphatic carbocycles. The highest BCUT2D eigenvalue weighted by Crippen LogP contribution is 2.24. The lowest BCUT2D eigenvalue weighted by Crippen LogP contribution is -2.54. The van der Waals surface area contributed by atoms with Gasteiger partial charge < -0.3 is 49.1 Å². The van der Waals surface area contributed by atoms with Gasteiger partial charge in [-0.3, -0.25) is 9.59 Å². The standard InChI is InChI=1S/C29H40N12O2/c30-12-17-1-5-23(6-2-17)35-26(43)11-25(42)18-3-7-24(8-4-18)36-27-37-28(40-13-19(31)9-20(32)14-40)39-29(38-27)41-15-21(33)10-22(34)16-41/h1-8,19-22H,9-16,30-34H2,(H,35,43)(H,36,37,38,39)/t19-,20+,21-,22+. The summed E-state index contributed by atoms with van der Waals surface area (Å²) in [5, 5.41) is 5.96. The molecule has 228 valence electrons. The number of nitrogens with two attached hydrogens (primary N) is 5. The number of amides is 1. The summed E-state index contributed by atoms with van der Waals surface area (Å²) in [5.74, 6) is 0.539. The lowest BCUT2D eigenvalue weighted by atomic mass is 10.0. The molecule has 2 fully saturated rings. The van der Waals surface area contributed by atoms with E-state index in [0.29, 0.717) is 67.5 Å². The van der Waals surface area contributed by atoms with Crippen LogP contribution in [0.4, 0.5) is 29.2 Å². The van der Waals surface area contributed by atoms with Crippen LogP contribution in [0, 0.1) is 0 Å². The molecule has 2 aliphatic rings. The maximum absolute atomic E-state index is 12.8. The van der Waals surface area contributed by atoms with Crippen LogP contribution in [0.15, 0.2) is 48.5 Å². The number of hydrogen-bond donors (Lipinski definition) is 7. The Morgan fingerprint density at radius 1 is 0.721 bits per heavy atom. The fraction of sp³-hybridized carbons (Fsp3) is 0.414. The van der Waals surface area contributed by atoms with E-state index in [1.54, 1.807) is 36.4 Å². The number of piperidine rings is 2. The fourth-order valence-electron chi connectivity index (χ4n) is 5.42. The van der Waals surface area contributed by atoms with Gasteiger partial charge in [0.1, 0.15) is 0 Å². The Kier molecular flexibility index (Phi) is 9.43. The number of hydrogen-bond acceptors (Lipinski definition) is 13. The molecule has 5 rings (SSSR count). The minimum atomic E-state index is -0.396. The van der Waals surface area contributed by atoms with Crippen LogP contribution >= 0.6 is 0 Å². The van der Waals surface area contributed by atoms with Crippen molar-refractivity contribution in [3.05, 3.63) is 59.7 Å². The molecule has 0 unspecified atom stereocenters. The molecular formula is C29H40N12O2. The van der Waals surface area contributed by atoms with Gasteiger partial charge in [-0.05, 0) is 54.8 Å². The first kappa shape index (κ1) is 30.3. The quantitative estimate of drug-likeness (QED) is 0.129. The molecule has 0 saturated carbocycles. The number of nitrogens with zero attached hydrogens (tertiary/aromatic N) is 5. The van der Waals surface area contributed by atoms with Gasteiger partial charge in [0.15, 0.2) is 5.78 Å². The summed E-state index contributed by atoms with van der Waals surface area (Å²) in [6.07, 6.45) is 1.17. The van der Waals surface area contributed by atoms with Crippen LogP contribution in [0.5, 0.6) is 0 Å². The van der Waals surface area contributed by atoms with Crippen molar-refractivity contribution < 1.29 is 9.59 Å². The topological polar surface area (TPSA) is 233 Å². The molecular weight excluding hydrogens is 548 g/mol. The van der Waals surface area contributed by atoms with E-state index in [9.17, 15) is 9.59 Å². The first-order valence-corrected chi connectivity index (χ1v) is 14.4. The number of benzene rings is 2. The van der Waals surface area contributed by atoms with Gasteiger partial charge in [-0.25, -0.2) is 0 Å². The normalized spacial score (nSPS) is 22.3. The Morgan fingerprint density at radius 2 is 1.21 bits per heavy atom. The van der Waals surface area contributed by atoms with Gasteiger partial charge in [-0.15, -0.1) is 0 Å². The minimum Gasteiger partial charge on any atom is -0.338 e. The van der Waals surface area contributed by atoms with Crippen molar-refractivity contribution in [2.24, 2.45) is 28.7 Å². The third kappa shape index (κ3) is 8.00. The van der Waals surface area contributed by atoms with Crippen molar-refractivity contribution in [2.45, 2.75) is 50.0 Å². The maximum atomic E-state index is 12.8. The average molecular weight is 589 g/mol. The molecule has 4 atom stereocenters. The van der Waals surface area contributed by atoms with Gasteiger partial charge in [-0.1, -0.05) is 12.1 Å². The van der Waals surface area contributed by atoms with Crippen LogP contribution in [0.2, 0.25) is 0 Å². The minimum absolute atomic E-state index is 0.0962. The number of ketones is 1. The van der Waals surface area contributed by atoms with E-state index in [1.165, 1.54) is 0 Å². The van der Waals surface area contributed by atoms with Crippen molar-refractivity contribution in [3.8, 4) is 0 Å². The zero-order valence-electron chi connectivity index (χ0n) is 24.0. The van der Waals surface area contributed by atoms with E-state index in [0.717, 1.165) is 18.4 Å². The van der Waals surface area contributed by atoms with Crippen LogP contribution < -0.4 is 49.1 Å². The van der Waals surface area contributed by atoms with Gasteiger partial charge in [0.2, 0.25) is 23.8 Å². The molecule has 2 aromatic carbocycles. The van der Waals surface area contributed by atoms with E-state index in [4.69, 9.17) is 33.7 Å². The zero-order valence-corrected chi connectivity index (χ0v) is 24.0. The molecule has 12 N–H and O–H groups in total. The molecule has 3 heterocycles. The summed E-state index contributed by atoms with van der Waals surface area (Å²) in [6.45, 7) is 2.69. The Bertz CT molecular complexity index is 1350.